The molecule has 0 aromatic heterocycles. The molecule has 1 N–H and O–H groups in total. The van der Waals surface area contributed by atoms with Gasteiger partial charge in [0.15, 0.2) is 5.78 Å². The summed E-state index contributed by atoms with van der Waals surface area (Å²) in [6.45, 7) is 4.08. The monoisotopic (exact) mass is 352 g/mol. The fourth-order valence-corrected chi connectivity index (χ4v) is 3.52. The van der Waals surface area contributed by atoms with Crippen LogP contribution in [0.3, 0.4) is 0 Å². The van der Waals surface area contributed by atoms with Crippen molar-refractivity contribution < 1.29 is 23.9 Å². The third kappa shape index (κ3) is 5.28. The highest BCUT2D eigenvalue weighted by atomic mass is 16.5. The van der Waals surface area contributed by atoms with Crippen molar-refractivity contribution in [1.82, 2.24) is 10.2 Å². The Morgan fingerprint density at radius 1 is 1.28 bits per heavy atom. The summed E-state index contributed by atoms with van der Waals surface area (Å²) in [5.41, 5.74) is 0. The standard InChI is InChI=1S/C18H28N2O5/c1-12(2)11-25-18(24)19-16(13-6-4-3-5-7-13)17(23)20-9-15(22)8-14(20)10-21/h10,12-14,16H,3-9,11H2,1-2H3,(H,19,24)/t14-,16?/m0/s1. The molecule has 1 heterocycles. The van der Waals surface area contributed by atoms with Crippen molar-refractivity contribution in [2.24, 2.45) is 11.8 Å². The molecule has 1 aliphatic heterocycles. The number of carbonyl (C=O) groups is 4. The number of aldehydes is 1. The Bertz CT molecular complexity index is 514. The molecule has 0 aromatic rings. The topological polar surface area (TPSA) is 92.8 Å². The lowest BCUT2D eigenvalue weighted by Crippen LogP contribution is -2.54. The maximum Gasteiger partial charge on any atom is 0.407 e. The molecule has 1 saturated heterocycles. The number of ether oxygens (including phenoxy) is 1. The smallest absolute Gasteiger partial charge is 0.407 e. The van der Waals surface area contributed by atoms with Gasteiger partial charge in [-0.3, -0.25) is 9.59 Å². The Labute approximate surface area is 148 Å². The van der Waals surface area contributed by atoms with Crippen LogP contribution < -0.4 is 5.32 Å². The molecule has 7 nitrogen and oxygen atoms in total. The summed E-state index contributed by atoms with van der Waals surface area (Å²) in [7, 11) is 0. The Balaban J connectivity index is 2.09. The fourth-order valence-electron chi connectivity index (χ4n) is 3.52. The van der Waals surface area contributed by atoms with E-state index in [0.29, 0.717) is 6.29 Å². The van der Waals surface area contributed by atoms with Crippen molar-refractivity contribution in [2.45, 2.75) is 64.5 Å². The summed E-state index contributed by atoms with van der Waals surface area (Å²) in [6.07, 6.45) is 4.89. The Kier molecular flexibility index (Phi) is 6.96. The van der Waals surface area contributed by atoms with E-state index in [2.05, 4.69) is 5.32 Å². The van der Waals surface area contributed by atoms with Gasteiger partial charge in [0.25, 0.3) is 0 Å². The molecule has 2 rings (SSSR count). The van der Waals surface area contributed by atoms with E-state index < -0.39 is 18.2 Å². The van der Waals surface area contributed by atoms with Gasteiger partial charge in [-0.1, -0.05) is 33.1 Å². The quantitative estimate of drug-likeness (QED) is 0.734. The Morgan fingerprint density at radius 3 is 2.56 bits per heavy atom. The van der Waals surface area contributed by atoms with Gasteiger partial charge in [0.05, 0.1) is 19.2 Å². The van der Waals surface area contributed by atoms with Gasteiger partial charge in [0.1, 0.15) is 12.3 Å². The minimum absolute atomic E-state index is 0.0101. The summed E-state index contributed by atoms with van der Waals surface area (Å²) in [4.78, 5) is 49.2. The Hall–Kier alpha value is -1.92. The first-order chi connectivity index (χ1) is 11.9. The van der Waals surface area contributed by atoms with Gasteiger partial charge in [0.2, 0.25) is 5.91 Å². The average Bonchev–Trinajstić information content (AvgIpc) is 2.99. The van der Waals surface area contributed by atoms with Crippen LogP contribution in [0.1, 0.15) is 52.4 Å². The molecule has 7 heteroatoms. The van der Waals surface area contributed by atoms with E-state index >= 15 is 0 Å². The van der Waals surface area contributed by atoms with Gasteiger partial charge in [-0.2, -0.15) is 0 Å². The predicted molar refractivity (Wildman–Crippen MR) is 90.9 cm³/mol. The van der Waals surface area contributed by atoms with Crippen molar-refractivity contribution in [2.75, 3.05) is 13.2 Å². The zero-order valence-corrected chi connectivity index (χ0v) is 15.0. The first kappa shape index (κ1) is 19.4. The van der Waals surface area contributed by atoms with Crippen LogP contribution >= 0.6 is 0 Å². The van der Waals surface area contributed by atoms with Crippen LogP contribution in [0.4, 0.5) is 4.79 Å². The minimum Gasteiger partial charge on any atom is -0.449 e. The number of ketones is 1. The normalized spacial score (nSPS) is 22.8. The molecule has 1 unspecified atom stereocenters. The number of rotatable bonds is 6. The van der Waals surface area contributed by atoms with Crippen molar-refractivity contribution in [3.8, 4) is 0 Å². The van der Waals surface area contributed by atoms with Crippen molar-refractivity contribution in [3.63, 3.8) is 0 Å². The van der Waals surface area contributed by atoms with Crippen LogP contribution in [0.2, 0.25) is 0 Å². The van der Waals surface area contributed by atoms with E-state index in [1.165, 1.54) is 4.90 Å². The highest BCUT2D eigenvalue weighted by Crippen LogP contribution is 2.28. The lowest BCUT2D eigenvalue weighted by Gasteiger charge is -2.33. The number of carbonyl (C=O) groups excluding carboxylic acids is 4. The molecule has 1 saturated carbocycles. The van der Waals surface area contributed by atoms with Gasteiger partial charge in [-0.05, 0) is 24.7 Å². The number of nitrogens with zero attached hydrogens (tertiary/aromatic N) is 1. The number of amides is 2. The van der Waals surface area contributed by atoms with Crippen molar-refractivity contribution >= 4 is 24.1 Å². The molecule has 0 bridgehead atoms. The predicted octanol–water partition coefficient (Wildman–Crippen LogP) is 1.69. The van der Waals surface area contributed by atoms with Gasteiger partial charge < -0.3 is 19.7 Å². The molecule has 1 aliphatic carbocycles. The molecular weight excluding hydrogens is 324 g/mol. The Morgan fingerprint density at radius 2 is 1.96 bits per heavy atom. The van der Waals surface area contributed by atoms with E-state index in [4.69, 9.17) is 4.74 Å². The number of alkyl carbamates (subject to hydrolysis) is 1. The fraction of sp³-hybridized carbons (Fsp3) is 0.778. The lowest BCUT2D eigenvalue weighted by molar-refractivity contribution is -0.138. The highest BCUT2D eigenvalue weighted by Gasteiger charge is 2.40. The summed E-state index contributed by atoms with van der Waals surface area (Å²) < 4.78 is 5.15. The molecule has 2 atom stereocenters. The van der Waals surface area contributed by atoms with Gasteiger partial charge >= 0.3 is 6.09 Å². The summed E-state index contributed by atoms with van der Waals surface area (Å²) >= 11 is 0. The van der Waals surface area contributed by atoms with Gasteiger partial charge in [-0.25, -0.2) is 4.79 Å². The van der Waals surface area contributed by atoms with E-state index in [1.807, 2.05) is 13.8 Å². The zero-order valence-electron chi connectivity index (χ0n) is 15.0. The maximum atomic E-state index is 13.0. The molecule has 2 fully saturated rings. The molecule has 2 amide bonds. The number of Topliss-reactive ketones (excluding diaryl/α,β-unsaturated/α-hetero) is 1. The number of likely N-dealkylation sites (tertiary alicyclic amines) is 1. The van der Waals surface area contributed by atoms with Crippen LogP contribution in [-0.2, 0) is 19.1 Å². The van der Waals surface area contributed by atoms with E-state index in [9.17, 15) is 19.2 Å². The molecule has 2 aliphatic rings. The number of hydrogen-bond donors (Lipinski definition) is 1. The largest absolute Gasteiger partial charge is 0.449 e. The van der Waals surface area contributed by atoms with Crippen LogP contribution in [0, 0.1) is 11.8 Å². The second kappa shape index (κ2) is 8.97. The van der Waals surface area contributed by atoms with Crippen LogP contribution in [-0.4, -0.2) is 54.2 Å². The van der Waals surface area contributed by atoms with E-state index in [1.54, 1.807) is 0 Å². The number of nitrogens with one attached hydrogen (secondary N) is 1. The second-order valence-electron chi connectivity index (χ2n) is 7.42. The molecule has 140 valence electrons. The highest BCUT2D eigenvalue weighted by molar-refractivity contribution is 5.96. The van der Waals surface area contributed by atoms with Crippen LogP contribution in [0.5, 0.6) is 0 Å². The average molecular weight is 352 g/mol. The molecule has 0 radical (unpaired) electrons. The molecule has 25 heavy (non-hydrogen) atoms. The molecule has 0 spiro atoms. The van der Waals surface area contributed by atoms with E-state index in [0.717, 1.165) is 32.1 Å². The summed E-state index contributed by atoms with van der Waals surface area (Å²) in [5, 5.41) is 2.70. The molecule has 0 aromatic carbocycles. The van der Waals surface area contributed by atoms with E-state index in [-0.39, 0.29) is 43.1 Å². The first-order valence-electron chi connectivity index (χ1n) is 9.13. The summed E-state index contributed by atoms with van der Waals surface area (Å²) in [6, 6.07) is -1.46. The summed E-state index contributed by atoms with van der Waals surface area (Å²) in [5.74, 6) is -0.271. The van der Waals surface area contributed by atoms with Gasteiger partial charge in [0, 0.05) is 6.42 Å². The van der Waals surface area contributed by atoms with Gasteiger partial charge in [-0.15, -0.1) is 0 Å². The first-order valence-corrected chi connectivity index (χ1v) is 9.13. The van der Waals surface area contributed by atoms with Crippen molar-refractivity contribution in [1.29, 1.82) is 0 Å². The SMILES string of the molecule is CC(C)COC(=O)NC(C(=O)N1CC(=O)C[C@H]1C=O)C1CCCCC1. The number of hydrogen-bond acceptors (Lipinski definition) is 5. The maximum absolute atomic E-state index is 13.0. The van der Waals surface area contributed by atoms with Crippen LogP contribution in [0.15, 0.2) is 0 Å². The second-order valence-corrected chi connectivity index (χ2v) is 7.42. The molecular formula is C18H28N2O5. The third-order valence-electron chi connectivity index (χ3n) is 4.83. The minimum atomic E-state index is -0.742. The van der Waals surface area contributed by atoms with Crippen LogP contribution in [0.25, 0.3) is 0 Å². The van der Waals surface area contributed by atoms with Crippen molar-refractivity contribution in [3.05, 3.63) is 0 Å². The lowest BCUT2D eigenvalue weighted by atomic mass is 9.83. The third-order valence-corrected chi connectivity index (χ3v) is 4.83. The zero-order chi connectivity index (χ0) is 18.4.